The van der Waals surface area contributed by atoms with Crippen molar-refractivity contribution in [3.63, 3.8) is 0 Å². The van der Waals surface area contributed by atoms with Gasteiger partial charge in [0.1, 0.15) is 9.71 Å². The van der Waals surface area contributed by atoms with E-state index < -0.39 is 0 Å². The van der Waals surface area contributed by atoms with Crippen LogP contribution in [0.4, 0.5) is 11.4 Å². The van der Waals surface area contributed by atoms with Crippen molar-refractivity contribution in [3.8, 4) is 0 Å². The van der Waals surface area contributed by atoms with E-state index in [-0.39, 0.29) is 5.91 Å². The zero-order valence-electron chi connectivity index (χ0n) is 12.1. The van der Waals surface area contributed by atoms with Crippen LogP contribution in [0.3, 0.4) is 0 Å². The Hall–Kier alpha value is -1.92. The van der Waals surface area contributed by atoms with Crippen LogP contribution in [0.25, 0.3) is 10.2 Å². The van der Waals surface area contributed by atoms with Gasteiger partial charge in [0, 0.05) is 15.6 Å². The lowest BCUT2D eigenvalue weighted by Crippen LogP contribution is -2.12. The van der Waals surface area contributed by atoms with Gasteiger partial charge in [0.15, 0.2) is 0 Å². The van der Waals surface area contributed by atoms with Crippen molar-refractivity contribution >= 4 is 54.8 Å². The standard InChI is InChI=1S/C16H14BrN3OS/c1-8-3-6-12(11(17)7-8)20-15(21)14-13(18)10-5-4-9(2)19-16(10)22-14/h3-7H,18H2,1-2H3,(H,20,21). The Balaban J connectivity index is 1.97. The summed E-state index contributed by atoms with van der Waals surface area (Å²) in [6, 6.07) is 9.56. The predicted molar refractivity (Wildman–Crippen MR) is 95.6 cm³/mol. The molecule has 0 aliphatic carbocycles. The molecule has 2 heterocycles. The van der Waals surface area contributed by atoms with Crippen LogP contribution in [0.5, 0.6) is 0 Å². The third-order valence-electron chi connectivity index (χ3n) is 3.31. The molecule has 0 fully saturated rings. The normalized spacial score (nSPS) is 10.9. The van der Waals surface area contributed by atoms with E-state index in [1.54, 1.807) is 0 Å². The lowest BCUT2D eigenvalue weighted by atomic mass is 10.2. The summed E-state index contributed by atoms with van der Waals surface area (Å²) in [4.78, 5) is 18.2. The number of hydrogen-bond acceptors (Lipinski definition) is 4. The topological polar surface area (TPSA) is 68.0 Å². The van der Waals surface area contributed by atoms with Crippen LogP contribution >= 0.6 is 27.3 Å². The highest BCUT2D eigenvalue weighted by molar-refractivity contribution is 9.10. The van der Waals surface area contributed by atoms with Gasteiger partial charge in [0.2, 0.25) is 0 Å². The number of aryl methyl sites for hydroxylation is 2. The van der Waals surface area contributed by atoms with Crippen LogP contribution in [-0.4, -0.2) is 10.9 Å². The molecule has 112 valence electrons. The molecular formula is C16H14BrN3OS. The van der Waals surface area contributed by atoms with E-state index in [1.807, 2.05) is 44.2 Å². The first-order valence-corrected chi connectivity index (χ1v) is 8.30. The lowest BCUT2D eigenvalue weighted by Gasteiger charge is -2.07. The molecule has 0 radical (unpaired) electrons. The Morgan fingerprint density at radius 2 is 2.05 bits per heavy atom. The van der Waals surface area contributed by atoms with Crippen molar-refractivity contribution in [1.82, 2.24) is 4.98 Å². The first-order chi connectivity index (χ1) is 10.5. The zero-order valence-corrected chi connectivity index (χ0v) is 14.5. The van der Waals surface area contributed by atoms with Crippen molar-refractivity contribution in [2.24, 2.45) is 0 Å². The van der Waals surface area contributed by atoms with Crippen LogP contribution in [0.1, 0.15) is 20.9 Å². The highest BCUT2D eigenvalue weighted by atomic mass is 79.9. The van der Waals surface area contributed by atoms with Crippen molar-refractivity contribution < 1.29 is 4.79 Å². The Bertz CT molecular complexity index is 888. The van der Waals surface area contributed by atoms with Gasteiger partial charge < -0.3 is 11.1 Å². The number of anilines is 2. The highest BCUT2D eigenvalue weighted by Gasteiger charge is 2.18. The van der Waals surface area contributed by atoms with Crippen molar-refractivity contribution in [3.05, 3.63) is 50.9 Å². The van der Waals surface area contributed by atoms with Gasteiger partial charge in [-0.3, -0.25) is 4.79 Å². The Morgan fingerprint density at radius 1 is 1.27 bits per heavy atom. The number of pyridine rings is 1. The summed E-state index contributed by atoms with van der Waals surface area (Å²) in [5.41, 5.74) is 9.32. The fourth-order valence-electron chi connectivity index (χ4n) is 2.16. The van der Waals surface area contributed by atoms with Gasteiger partial charge in [-0.25, -0.2) is 4.98 Å². The van der Waals surface area contributed by atoms with Crippen LogP contribution in [-0.2, 0) is 0 Å². The number of halogens is 1. The van der Waals surface area contributed by atoms with Crippen LogP contribution < -0.4 is 11.1 Å². The fourth-order valence-corrected chi connectivity index (χ4v) is 3.79. The van der Waals surface area contributed by atoms with Gasteiger partial charge in [-0.1, -0.05) is 6.07 Å². The summed E-state index contributed by atoms with van der Waals surface area (Å²) in [6.45, 7) is 3.91. The zero-order chi connectivity index (χ0) is 15.9. The number of rotatable bonds is 2. The Labute approximate surface area is 140 Å². The summed E-state index contributed by atoms with van der Waals surface area (Å²) < 4.78 is 0.842. The minimum Gasteiger partial charge on any atom is -0.397 e. The van der Waals surface area contributed by atoms with Crippen molar-refractivity contribution in [2.45, 2.75) is 13.8 Å². The molecular weight excluding hydrogens is 362 g/mol. The van der Waals surface area contributed by atoms with Gasteiger partial charge in [-0.2, -0.15) is 0 Å². The number of nitrogens with zero attached hydrogens (tertiary/aromatic N) is 1. The minimum absolute atomic E-state index is 0.220. The summed E-state index contributed by atoms with van der Waals surface area (Å²) >= 11 is 4.77. The smallest absolute Gasteiger partial charge is 0.267 e. The largest absolute Gasteiger partial charge is 0.397 e. The minimum atomic E-state index is -0.220. The molecule has 0 saturated heterocycles. The van der Waals surface area contributed by atoms with Gasteiger partial charge >= 0.3 is 0 Å². The number of nitrogens with two attached hydrogens (primary N) is 1. The molecule has 1 aromatic carbocycles. The predicted octanol–water partition coefficient (Wildman–Crippen LogP) is 4.51. The number of nitrogen functional groups attached to an aromatic ring is 1. The number of thiophene rings is 1. The van der Waals surface area contributed by atoms with Gasteiger partial charge in [0.25, 0.3) is 5.91 Å². The van der Waals surface area contributed by atoms with E-state index in [1.165, 1.54) is 11.3 Å². The molecule has 1 amide bonds. The maximum atomic E-state index is 12.5. The van der Waals surface area contributed by atoms with Gasteiger partial charge in [-0.05, 0) is 59.6 Å². The first kappa shape index (κ1) is 15.0. The number of benzene rings is 1. The molecule has 0 bridgehead atoms. The molecule has 2 aromatic heterocycles. The number of hydrogen-bond donors (Lipinski definition) is 2. The summed E-state index contributed by atoms with van der Waals surface area (Å²) in [6.07, 6.45) is 0. The fraction of sp³-hybridized carbons (Fsp3) is 0.125. The average Bonchev–Trinajstić information content (AvgIpc) is 2.78. The molecule has 4 nitrogen and oxygen atoms in total. The van der Waals surface area contributed by atoms with Crippen molar-refractivity contribution in [1.29, 1.82) is 0 Å². The van der Waals surface area contributed by atoms with Gasteiger partial charge in [0.05, 0.1) is 11.4 Å². The number of carbonyl (C=O) groups is 1. The molecule has 0 aliphatic rings. The molecule has 0 saturated carbocycles. The molecule has 3 aromatic rings. The molecule has 0 aliphatic heterocycles. The van der Waals surface area contributed by atoms with E-state index in [4.69, 9.17) is 5.73 Å². The SMILES string of the molecule is Cc1ccc(NC(=O)c2sc3nc(C)ccc3c2N)c(Br)c1. The third kappa shape index (κ3) is 2.71. The summed E-state index contributed by atoms with van der Waals surface area (Å²) in [5, 5.41) is 3.71. The Kier molecular flexibility index (Phi) is 3.88. The molecule has 3 rings (SSSR count). The third-order valence-corrected chi connectivity index (χ3v) is 5.08. The van der Waals surface area contributed by atoms with E-state index in [9.17, 15) is 4.79 Å². The molecule has 3 N–H and O–H groups in total. The van der Waals surface area contributed by atoms with E-state index in [0.29, 0.717) is 10.6 Å². The second-order valence-electron chi connectivity index (χ2n) is 5.09. The quantitative estimate of drug-likeness (QED) is 0.692. The monoisotopic (exact) mass is 375 g/mol. The van der Waals surface area contributed by atoms with E-state index >= 15 is 0 Å². The van der Waals surface area contributed by atoms with Crippen LogP contribution in [0.15, 0.2) is 34.8 Å². The molecule has 22 heavy (non-hydrogen) atoms. The maximum Gasteiger partial charge on any atom is 0.267 e. The van der Waals surface area contributed by atoms with Crippen LogP contribution in [0, 0.1) is 13.8 Å². The molecule has 0 unspecified atom stereocenters. The second kappa shape index (κ2) is 5.70. The first-order valence-electron chi connectivity index (χ1n) is 6.69. The molecule has 6 heteroatoms. The maximum absolute atomic E-state index is 12.5. The van der Waals surface area contributed by atoms with Crippen LogP contribution in [0.2, 0.25) is 0 Å². The Morgan fingerprint density at radius 3 is 2.77 bits per heavy atom. The number of aromatic nitrogens is 1. The number of carbonyl (C=O) groups excluding carboxylic acids is 1. The van der Waals surface area contributed by atoms with Gasteiger partial charge in [-0.15, -0.1) is 11.3 Å². The van der Waals surface area contributed by atoms with E-state index in [0.717, 1.165) is 31.6 Å². The molecule has 0 atom stereocenters. The lowest BCUT2D eigenvalue weighted by molar-refractivity contribution is 0.103. The summed E-state index contributed by atoms with van der Waals surface area (Å²) in [5.74, 6) is -0.220. The number of fused-ring (bicyclic) bond motifs is 1. The highest BCUT2D eigenvalue weighted by Crippen LogP contribution is 2.33. The summed E-state index contributed by atoms with van der Waals surface area (Å²) in [7, 11) is 0. The van der Waals surface area contributed by atoms with E-state index in [2.05, 4.69) is 26.2 Å². The average molecular weight is 376 g/mol. The number of amides is 1. The number of nitrogens with one attached hydrogen (secondary N) is 1. The molecule has 0 spiro atoms. The van der Waals surface area contributed by atoms with Crippen molar-refractivity contribution in [2.75, 3.05) is 11.1 Å². The second-order valence-corrected chi connectivity index (χ2v) is 6.94.